The van der Waals surface area contributed by atoms with E-state index in [9.17, 15) is 4.79 Å². The lowest BCUT2D eigenvalue weighted by atomic mass is 10.3. The van der Waals surface area contributed by atoms with Gasteiger partial charge < -0.3 is 4.74 Å². The van der Waals surface area contributed by atoms with Gasteiger partial charge in [-0.15, -0.1) is 0 Å². The van der Waals surface area contributed by atoms with Crippen LogP contribution in [0.15, 0.2) is 12.1 Å². The molecule has 0 spiro atoms. The van der Waals surface area contributed by atoms with Gasteiger partial charge in [-0.05, 0) is 23.7 Å². The van der Waals surface area contributed by atoms with E-state index in [1.807, 2.05) is 0 Å². The molecule has 0 radical (unpaired) electrons. The van der Waals surface area contributed by atoms with Gasteiger partial charge >= 0.3 is 0 Å². The van der Waals surface area contributed by atoms with Crippen LogP contribution in [0, 0.1) is 0 Å². The van der Waals surface area contributed by atoms with Gasteiger partial charge in [-0.2, -0.15) is 0 Å². The highest BCUT2D eigenvalue weighted by molar-refractivity contribution is 6.64. The lowest BCUT2D eigenvalue weighted by Gasteiger charge is -2.07. The Kier molecular flexibility index (Phi) is 4.32. The van der Waals surface area contributed by atoms with E-state index in [1.54, 1.807) is 0 Å². The maximum atomic E-state index is 10.4. The largest absolute Gasteiger partial charge is 0.483 e. The van der Waals surface area contributed by atoms with E-state index in [1.165, 1.54) is 12.1 Å². The maximum Gasteiger partial charge on any atom is 0.259 e. The van der Waals surface area contributed by atoms with Crippen molar-refractivity contribution < 1.29 is 9.53 Å². The Morgan fingerprint density at radius 1 is 1.21 bits per heavy atom. The Morgan fingerprint density at radius 2 is 1.86 bits per heavy atom. The SMILES string of the molecule is O=C(Cl)COc1ccc(Cl)c(Cl)c1Cl. The molecule has 0 fully saturated rings. The Balaban J connectivity index is 2.88. The Bertz CT molecular complexity index is 365. The minimum absolute atomic E-state index is 0.164. The average Bonchev–Trinajstić information content (AvgIpc) is 2.13. The Hall–Kier alpha value is -0.150. The number of benzene rings is 1. The van der Waals surface area contributed by atoms with Crippen LogP contribution in [-0.4, -0.2) is 11.8 Å². The summed E-state index contributed by atoms with van der Waals surface area (Å²) >= 11 is 22.3. The maximum absolute atomic E-state index is 10.4. The highest BCUT2D eigenvalue weighted by atomic mass is 35.5. The second-order valence-electron chi connectivity index (χ2n) is 2.32. The highest BCUT2D eigenvalue weighted by Gasteiger charge is 2.10. The lowest BCUT2D eigenvalue weighted by Crippen LogP contribution is -2.04. The van der Waals surface area contributed by atoms with Gasteiger partial charge in [0.05, 0.1) is 10.0 Å². The van der Waals surface area contributed by atoms with Gasteiger partial charge in [-0.1, -0.05) is 34.8 Å². The highest BCUT2D eigenvalue weighted by Crippen LogP contribution is 2.36. The number of carbonyl (C=O) groups is 1. The minimum atomic E-state index is -0.618. The number of hydrogen-bond donors (Lipinski definition) is 0. The van der Waals surface area contributed by atoms with Gasteiger partial charge in [0.2, 0.25) is 0 Å². The van der Waals surface area contributed by atoms with E-state index in [0.29, 0.717) is 5.02 Å². The zero-order valence-corrected chi connectivity index (χ0v) is 9.71. The summed E-state index contributed by atoms with van der Waals surface area (Å²) in [6.45, 7) is -0.265. The summed E-state index contributed by atoms with van der Waals surface area (Å²) in [5.41, 5.74) is 0. The van der Waals surface area contributed by atoms with Crippen molar-refractivity contribution in [2.75, 3.05) is 6.61 Å². The van der Waals surface area contributed by atoms with Crippen molar-refractivity contribution in [1.29, 1.82) is 0 Å². The Labute approximate surface area is 101 Å². The average molecular weight is 274 g/mol. The van der Waals surface area contributed by atoms with Gasteiger partial charge in [0.25, 0.3) is 5.24 Å². The van der Waals surface area contributed by atoms with Crippen LogP contribution in [0.5, 0.6) is 5.75 Å². The lowest BCUT2D eigenvalue weighted by molar-refractivity contribution is -0.113. The molecule has 1 aromatic carbocycles. The van der Waals surface area contributed by atoms with Crippen LogP contribution >= 0.6 is 46.4 Å². The first kappa shape index (κ1) is 11.9. The zero-order valence-electron chi connectivity index (χ0n) is 6.69. The summed E-state index contributed by atoms with van der Waals surface area (Å²) in [7, 11) is 0. The molecular formula is C8H4Cl4O2. The van der Waals surface area contributed by atoms with Gasteiger partial charge in [-0.3, -0.25) is 4.79 Å². The molecule has 0 aliphatic carbocycles. The number of hydrogen-bond acceptors (Lipinski definition) is 2. The van der Waals surface area contributed by atoms with Gasteiger partial charge in [-0.25, -0.2) is 0 Å². The number of carbonyl (C=O) groups excluding carboxylic acids is 1. The normalized spacial score (nSPS) is 10.0. The molecule has 6 heteroatoms. The molecule has 0 atom stereocenters. The molecule has 14 heavy (non-hydrogen) atoms. The molecule has 0 saturated heterocycles. The predicted molar refractivity (Wildman–Crippen MR) is 57.8 cm³/mol. The molecule has 0 heterocycles. The van der Waals surface area contributed by atoms with Crippen molar-refractivity contribution in [2.24, 2.45) is 0 Å². The van der Waals surface area contributed by atoms with E-state index in [0.717, 1.165) is 0 Å². The third kappa shape index (κ3) is 2.92. The number of halogens is 4. The first-order valence-electron chi connectivity index (χ1n) is 3.47. The molecule has 0 N–H and O–H groups in total. The van der Waals surface area contributed by atoms with Gasteiger partial charge in [0.1, 0.15) is 10.8 Å². The molecule has 0 aromatic heterocycles. The second-order valence-corrected chi connectivity index (χ2v) is 3.90. The molecule has 0 amide bonds. The van der Waals surface area contributed by atoms with Crippen LogP contribution in [0.1, 0.15) is 0 Å². The van der Waals surface area contributed by atoms with Crippen molar-refractivity contribution in [3.05, 3.63) is 27.2 Å². The van der Waals surface area contributed by atoms with E-state index in [-0.39, 0.29) is 22.4 Å². The predicted octanol–water partition coefficient (Wildman–Crippen LogP) is 3.79. The van der Waals surface area contributed by atoms with Crippen LogP contribution in [-0.2, 0) is 4.79 Å². The van der Waals surface area contributed by atoms with Crippen LogP contribution in [0.25, 0.3) is 0 Å². The zero-order chi connectivity index (χ0) is 10.7. The van der Waals surface area contributed by atoms with Crippen LogP contribution in [0.2, 0.25) is 15.1 Å². The third-order valence-electron chi connectivity index (χ3n) is 1.34. The molecule has 76 valence electrons. The fourth-order valence-corrected chi connectivity index (χ4v) is 1.39. The van der Waals surface area contributed by atoms with Crippen molar-refractivity contribution in [1.82, 2.24) is 0 Å². The monoisotopic (exact) mass is 272 g/mol. The van der Waals surface area contributed by atoms with Crippen LogP contribution < -0.4 is 4.74 Å². The molecule has 0 saturated carbocycles. The fraction of sp³-hybridized carbons (Fsp3) is 0.125. The fourth-order valence-electron chi connectivity index (χ4n) is 0.754. The molecule has 0 aliphatic heterocycles. The number of ether oxygens (including phenoxy) is 1. The number of rotatable bonds is 3. The summed E-state index contributed by atoms with van der Waals surface area (Å²) in [6.07, 6.45) is 0. The van der Waals surface area contributed by atoms with Crippen LogP contribution in [0.4, 0.5) is 0 Å². The molecule has 0 bridgehead atoms. The van der Waals surface area contributed by atoms with Crippen molar-refractivity contribution >= 4 is 51.6 Å². The van der Waals surface area contributed by atoms with E-state index >= 15 is 0 Å². The summed E-state index contributed by atoms with van der Waals surface area (Å²) in [4.78, 5) is 10.4. The molecule has 2 nitrogen and oxygen atoms in total. The van der Waals surface area contributed by atoms with E-state index in [4.69, 9.17) is 51.1 Å². The summed E-state index contributed by atoms with van der Waals surface area (Å²) in [5.74, 6) is 0.273. The van der Waals surface area contributed by atoms with E-state index in [2.05, 4.69) is 0 Å². The smallest absolute Gasteiger partial charge is 0.259 e. The van der Waals surface area contributed by atoms with Crippen LogP contribution in [0.3, 0.4) is 0 Å². The first-order valence-corrected chi connectivity index (χ1v) is 4.98. The molecule has 0 aliphatic rings. The third-order valence-corrected chi connectivity index (χ3v) is 2.73. The quantitative estimate of drug-likeness (QED) is 0.619. The van der Waals surface area contributed by atoms with Gasteiger partial charge in [0.15, 0.2) is 6.61 Å². The topological polar surface area (TPSA) is 26.3 Å². The van der Waals surface area contributed by atoms with E-state index < -0.39 is 5.24 Å². The molecule has 1 rings (SSSR count). The molecule has 0 unspecified atom stereocenters. The van der Waals surface area contributed by atoms with Crippen molar-refractivity contribution in [2.45, 2.75) is 0 Å². The summed E-state index contributed by atoms with van der Waals surface area (Å²) < 4.78 is 4.98. The minimum Gasteiger partial charge on any atom is -0.483 e. The summed E-state index contributed by atoms with van der Waals surface area (Å²) in [5, 5.41) is 0.0540. The first-order chi connectivity index (χ1) is 6.52. The Morgan fingerprint density at radius 3 is 2.43 bits per heavy atom. The standard InChI is InChI=1S/C8H4Cl4O2/c9-4-1-2-5(8(12)7(4)11)14-3-6(10)13/h1-2H,3H2. The van der Waals surface area contributed by atoms with Gasteiger partial charge in [0, 0.05) is 0 Å². The second kappa shape index (κ2) is 5.08. The summed E-state index contributed by atoms with van der Waals surface area (Å²) in [6, 6.07) is 3.03. The molecular weight excluding hydrogens is 270 g/mol. The molecule has 1 aromatic rings. The van der Waals surface area contributed by atoms with Crippen molar-refractivity contribution in [3.63, 3.8) is 0 Å². The van der Waals surface area contributed by atoms with Crippen molar-refractivity contribution in [3.8, 4) is 5.75 Å².